The number of thioether (sulfide) groups is 1. The summed E-state index contributed by atoms with van der Waals surface area (Å²) in [7, 11) is 0. The minimum Gasteiger partial charge on any atom is -0.304 e. The lowest BCUT2D eigenvalue weighted by atomic mass is 9.94. The SMILES string of the molecule is CCC1(CCC(C)C)SC(=N)NC1=O. The molecule has 0 spiro atoms. The highest BCUT2D eigenvalue weighted by molar-refractivity contribution is 8.16. The van der Waals surface area contributed by atoms with Crippen LogP contribution in [0.15, 0.2) is 0 Å². The molecule has 1 amide bonds. The van der Waals surface area contributed by atoms with Crippen LogP contribution in [0.3, 0.4) is 0 Å². The zero-order valence-corrected chi connectivity index (χ0v) is 9.83. The van der Waals surface area contributed by atoms with Gasteiger partial charge in [0.05, 0.1) is 0 Å². The number of hydrogen-bond acceptors (Lipinski definition) is 3. The van der Waals surface area contributed by atoms with Gasteiger partial charge in [-0.25, -0.2) is 0 Å². The van der Waals surface area contributed by atoms with E-state index in [0.29, 0.717) is 11.1 Å². The Morgan fingerprint density at radius 1 is 1.57 bits per heavy atom. The molecule has 0 aliphatic carbocycles. The van der Waals surface area contributed by atoms with Crippen molar-refractivity contribution in [2.75, 3.05) is 0 Å². The third-order valence-corrected chi connectivity index (χ3v) is 4.01. The van der Waals surface area contributed by atoms with Crippen LogP contribution in [0.1, 0.15) is 40.0 Å². The summed E-state index contributed by atoms with van der Waals surface area (Å²) in [6, 6.07) is 0. The fourth-order valence-corrected chi connectivity index (χ4v) is 2.62. The first-order chi connectivity index (χ1) is 6.50. The van der Waals surface area contributed by atoms with Crippen LogP contribution in [0.4, 0.5) is 0 Å². The Hall–Kier alpha value is -0.510. The summed E-state index contributed by atoms with van der Waals surface area (Å²) in [4.78, 5) is 11.7. The molecule has 1 heterocycles. The fraction of sp³-hybridized carbons (Fsp3) is 0.800. The maximum Gasteiger partial charge on any atom is 0.242 e. The number of nitrogens with one attached hydrogen (secondary N) is 2. The van der Waals surface area contributed by atoms with Crippen LogP contribution in [-0.2, 0) is 4.79 Å². The second kappa shape index (κ2) is 4.34. The molecule has 4 heteroatoms. The summed E-state index contributed by atoms with van der Waals surface area (Å²) in [5.41, 5.74) is 0. The summed E-state index contributed by atoms with van der Waals surface area (Å²) in [5, 5.41) is 10.4. The van der Waals surface area contributed by atoms with Crippen LogP contribution in [0.5, 0.6) is 0 Å². The summed E-state index contributed by atoms with van der Waals surface area (Å²) < 4.78 is -0.360. The van der Waals surface area contributed by atoms with Crippen molar-refractivity contribution in [1.82, 2.24) is 5.32 Å². The van der Waals surface area contributed by atoms with Crippen LogP contribution in [0.25, 0.3) is 0 Å². The first-order valence-corrected chi connectivity index (χ1v) is 5.91. The molecule has 1 aliphatic heterocycles. The Morgan fingerprint density at radius 3 is 2.57 bits per heavy atom. The number of amides is 1. The van der Waals surface area contributed by atoms with Gasteiger partial charge in [0, 0.05) is 0 Å². The van der Waals surface area contributed by atoms with Crippen molar-refractivity contribution >= 4 is 22.8 Å². The molecule has 0 aromatic carbocycles. The molecule has 1 fully saturated rings. The molecular weight excluding hydrogens is 196 g/mol. The average Bonchev–Trinajstić information content (AvgIpc) is 2.38. The van der Waals surface area contributed by atoms with Gasteiger partial charge in [0.25, 0.3) is 0 Å². The summed E-state index contributed by atoms with van der Waals surface area (Å²) in [6.07, 6.45) is 2.72. The lowest BCUT2D eigenvalue weighted by molar-refractivity contribution is -0.121. The largest absolute Gasteiger partial charge is 0.304 e. The van der Waals surface area contributed by atoms with Crippen molar-refractivity contribution in [2.45, 2.75) is 44.8 Å². The van der Waals surface area contributed by atoms with Crippen molar-refractivity contribution in [1.29, 1.82) is 5.41 Å². The average molecular weight is 214 g/mol. The van der Waals surface area contributed by atoms with Crippen LogP contribution < -0.4 is 5.32 Å². The Balaban J connectivity index is 2.66. The van der Waals surface area contributed by atoms with E-state index in [2.05, 4.69) is 19.2 Å². The number of amidine groups is 1. The van der Waals surface area contributed by atoms with E-state index in [-0.39, 0.29) is 10.7 Å². The van der Waals surface area contributed by atoms with Crippen molar-refractivity contribution in [2.24, 2.45) is 5.92 Å². The Kier molecular flexibility index (Phi) is 3.59. The quantitative estimate of drug-likeness (QED) is 0.755. The Labute approximate surface area is 89.5 Å². The van der Waals surface area contributed by atoms with Gasteiger partial charge in [-0.15, -0.1) is 0 Å². The zero-order valence-electron chi connectivity index (χ0n) is 9.02. The second-order valence-corrected chi connectivity index (χ2v) is 5.56. The molecule has 0 bridgehead atoms. The van der Waals surface area contributed by atoms with Gasteiger partial charge in [0.2, 0.25) is 5.91 Å². The van der Waals surface area contributed by atoms with E-state index in [1.807, 2.05) is 6.92 Å². The molecule has 1 unspecified atom stereocenters. The number of rotatable bonds is 4. The van der Waals surface area contributed by atoms with Gasteiger partial charge < -0.3 is 5.32 Å². The molecular formula is C10H18N2OS. The normalized spacial score (nSPS) is 27.1. The highest BCUT2D eigenvalue weighted by Crippen LogP contribution is 2.39. The molecule has 14 heavy (non-hydrogen) atoms. The maximum atomic E-state index is 11.7. The molecule has 1 saturated heterocycles. The zero-order chi connectivity index (χ0) is 10.8. The predicted octanol–water partition coefficient (Wildman–Crippen LogP) is 2.37. The van der Waals surface area contributed by atoms with E-state index >= 15 is 0 Å². The van der Waals surface area contributed by atoms with Gasteiger partial charge in [-0.05, 0) is 25.2 Å². The van der Waals surface area contributed by atoms with Crippen LogP contribution in [0.2, 0.25) is 0 Å². The van der Waals surface area contributed by atoms with Crippen molar-refractivity contribution < 1.29 is 4.79 Å². The molecule has 1 aliphatic rings. The van der Waals surface area contributed by atoms with Crippen molar-refractivity contribution in [3.8, 4) is 0 Å². The van der Waals surface area contributed by atoms with Gasteiger partial charge >= 0.3 is 0 Å². The third kappa shape index (κ3) is 2.29. The summed E-state index contributed by atoms with van der Waals surface area (Å²) in [5.74, 6) is 0.636. The number of hydrogen-bond donors (Lipinski definition) is 2. The molecule has 0 saturated carbocycles. The molecule has 0 aromatic heterocycles. The van der Waals surface area contributed by atoms with Crippen molar-refractivity contribution in [3.63, 3.8) is 0 Å². The Morgan fingerprint density at radius 2 is 2.21 bits per heavy atom. The van der Waals surface area contributed by atoms with Gasteiger partial charge in [0.1, 0.15) is 4.75 Å². The molecule has 1 atom stereocenters. The monoisotopic (exact) mass is 214 g/mol. The lowest BCUT2D eigenvalue weighted by Crippen LogP contribution is -2.36. The van der Waals surface area contributed by atoms with Crippen LogP contribution >= 0.6 is 11.8 Å². The molecule has 80 valence electrons. The topological polar surface area (TPSA) is 53.0 Å². The standard InChI is InChI=1S/C10H18N2OS/c1-4-10(6-5-7(2)3)8(13)12-9(11)14-10/h7H,4-6H2,1-3H3,(H2,11,12,13). The molecule has 0 radical (unpaired) electrons. The first-order valence-electron chi connectivity index (χ1n) is 5.09. The van der Waals surface area contributed by atoms with Gasteiger partial charge in [0.15, 0.2) is 5.17 Å². The third-order valence-electron chi connectivity index (χ3n) is 2.63. The molecule has 1 rings (SSSR count). The second-order valence-electron chi connectivity index (χ2n) is 4.17. The van der Waals surface area contributed by atoms with Crippen molar-refractivity contribution in [3.05, 3.63) is 0 Å². The van der Waals surface area contributed by atoms with Crippen LogP contribution in [-0.4, -0.2) is 15.8 Å². The van der Waals surface area contributed by atoms with E-state index < -0.39 is 0 Å². The Bertz CT molecular complexity index is 253. The van der Waals surface area contributed by atoms with E-state index in [1.54, 1.807) is 0 Å². The molecule has 0 aromatic rings. The van der Waals surface area contributed by atoms with E-state index in [9.17, 15) is 4.79 Å². The van der Waals surface area contributed by atoms with E-state index in [0.717, 1.165) is 19.3 Å². The first kappa shape index (κ1) is 11.6. The smallest absolute Gasteiger partial charge is 0.242 e. The van der Waals surface area contributed by atoms with Gasteiger partial charge in [-0.2, -0.15) is 0 Å². The minimum absolute atomic E-state index is 0.0238. The molecule has 2 N–H and O–H groups in total. The lowest BCUT2D eigenvalue weighted by Gasteiger charge is -2.23. The number of carbonyl (C=O) groups excluding carboxylic acids is 1. The van der Waals surface area contributed by atoms with Gasteiger partial charge in [-0.1, -0.05) is 32.5 Å². The highest BCUT2D eigenvalue weighted by Gasteiger charge is 2.44. The van der Waals surface area contributed by atoms with E-state index in [4.69, 9.17) is 5.41 Å². The molecule has 3 nitrogen and oxygen atoms in total. The maximum absolute atomic E-state index is 11.7. The fourth-order valence-electron chi connectivity index (χ4n) is 1.58. The summed E-state index contributed by atoms with van der Waals surface area (Å²) >= 11 is 1.39. The van der Waals surface area contributed by atoms with E-state index in [1.165, 1.54) is 11.8 Å². The van der Waals surface area contributed by atoms with Gasteiger partial charge in [-0.3, -0.25) is 10.2 Å². The summed E-state index contributed by atoms with van der Waals surface area (Å²) in [6.45, 7) is 6.34. The minimum atomic E-state index is -0.360. The number of carbonyl (C=O) groups is 1. The highest BCUT2D eigenvalue weighted by atomic mass is 32.2. The predicted molar refractivity (Wildman–Crippen MR) is 60.6 cm³/mol. The van der Waals surface area contributed by atoms with Crippen LogP contribution in [0, 0.1) is 11.3 Å².